The second-order valence-electron chi connectivity index (χ2n) is 0.290. The number of halogens is 1. The Labute approximate surface area is 36.2 Å². The van der Waals surface area contributed by atoms with Crippen molar-refractivity contribution in [3.05, 3.63) is 0 Å². The van der Waals surface area contributed by atoms with Crippen molar-refractivity contribution in [2.75, 3.05) is 0 Å². The maximum absolute atomic E-state index is 9.34. The number of hydrogen-bond acceptors (Lipinski definition) is 3. The minimum absolute atomic E-state index is 1.82. The zero-order valence-corrected chi connectivity index (χ0v) is 3.75. The maximum atomic E-state index is 9.34. The average Bonchev–Trinajstić information content (AvgIpc) is 1.38. The quantitative estimate of drug-likeness (QED) is 0.377. The Morgan fingerprint density at radius 3 is 2.20 bits per heavy atom. The van der Waals surface area contributed by atoms with E-state index in [0.29, 0.717) is 0 Å². The molecule has 0 aromatic heterocycles. The Morgan fingerprint density at radius 1 is 2.00 bits per heavy atom. The van der Waals surface area contributed by atoms with Crippen molar-refractivity contribution in [1.82, 2.24) is 0 Å². The first-order valence-corrected chi connectivity index (χ1v) is 2.62. The lowest BCUT2D eigenvalue weighted by atomic mass is 13.6. The van der Waals surface area contributed by atoms with Crippen molar-refractivity contribution in [2.45, 2.75) is 0 Å². The van der Waals surface area contributed by atoms with E-state index in [1.807, 2.05) is 0 Å². The lowest BCUT2D eigenvalue weighted by Gasteiger charge is -1.74. The van der Waals surface area contributed by atoms with Crippen LogP contribution in [-0.2, 0) is 14.6 Å². The van der Waals surface area contributed by atoms with E-state index >= 15 is 0 Å². The van der Waals surface area contributed by atoms with Gasteiger partial charge in [-0.1, -0.05) is 0 Å². The fourth-order valence-electron chi connectivity index (χ4n) is 0. The molecule has 0 amide bonds. The standard InChI is InChI=1S/ClH2NO2S/c1-5(3)4-2/h2H2. The molecular weight excluding hydrogens is 114 g/mol. The van der Waals surface area contributed by atoms with Gasteiger partial charge in [-0.2, -0.15) is 10.2 Å². The van der Waals surface area contributed by atoms with Gasteiger partial charge < -0.3 is 0 Å². The Kier molecular flexibility index (Phi) is 2.78. The van der Waals surface area contributed by atoms with Crippen molar-refractivity contribution < 1.29 is 8.49 Å². The first-order chi connectivity index (χ1) is 2.27. The monoisotopic (exact) mass is 115 g/mol. The molecule has 0 fully saturated rings. The van der Waals surface area contributed by atoms with E-state index in [2.05, 4.69) is 20.9 Å². The zero-order chi connectivity index (χ0) is 4.28. The van der Waals surface area contributed by atoms with E-state index < -0.39 is 10.3 Å². The molecule has 0 bridgehead atoms. The third kappa shape index (κ3) is 4.36. The Morgan fingerprint density at radius 2 is 2.20 bits per heavy atom. The van der Waals surface area contributed by atoms with Gasteiger partial charge in [-0.25, -0.2) is 4.21 Å². The Hall–Kier alpha value is 0.360. The lowest BCUT2D eigenvalue weighted by Crippen LogP contribution is -1.94. The highest BCUT2D eigenvalue weighted by atomic mass is 35.7. The van der Waals surface area contributed by atoms with Crippen LogP contribution in [0, 0.1) is 0 Å². The van der Waals surface area contributed by atoms with Crippen LogP contribution >= 0.6 is 10.7 Å². The Balaban J connectivity index is 2.85. The molecule has 0 rings (SSSR count). The highest BCUT2D eigenvalue weighted by Gasteiger charge is 1.78. The summed E-state index contributed by atoms with van der Waals surface area (Å²) in [7, 11) is 2.76. The molecular formula is H2ClNO2S. The number of rotatable bonds is 1. The van der Waals surface area contributed by atoms with Crippen LogP contribution < -0.4 is 5.90 Å². The van der Waals surface area contributed by atoms with Crippen LogP contribution in [0.3, 0.4) is 0 Å². The predicted octanol–water partition coefficient (Wildman–Crippen LogP) is -0.306. The Bertz CT molecular complexity index is 44.9. The lowest BCUT2D eigenvalue weighted by molar-refractivity contribution is 0.376. The molecule has 5 heteroatoms. The van der Waals surface area contributed by atoms with Crippen LogP contribution in [0.4, 0.5) is 0 Å². The molecule has 0 radical (unpaired) electrons. The highest BCUT2D eigenvalue weighted by molar-refractivity contribution is 8.04. The van der Waals surface area contributed by atoms with Gasteiger partial charge in [-0.3, -0.25) is 0 Å². The van der Waals surface area contributed by atoms with Gasteiger partial charge in [0.25, 0.3) is 10.3 Å². The van der Waals surface area contributed by atoms with E-state index in [1.165, 1.54) is 0 Å². The number of hydrogen-bond donors (Lipinski definition) is 1. The molecule has 1 atom stereocenters. The summed E-state index contributed by atoms with van der Waals surface area (Å²) >= 11 is 0. The van der Waals surface area contributed by atoms with Crippen molar-refractivity contribution in [2.24, 2.45) is 5.90 Å². The van der Waals surface area contributed by atoms with Gasteiger partial charge in [-0.15, -0.1) is 0 Å². The molecule has 2 N–H and O–H groups in total. The normalized spacial score (nSPS) is 14.8. The smallest absolute Gasteiger partial charge is 0.210 e. The average molecular weight is 116 g/mol. The first-order valence-electron chi connectivity index (χ1n) is 0.723. The zero-order valence-electron chi connectivity index (χ0n) is 2.18. The molecule has 0 saturated carbocycles. The largest absolute Gasteiger partial charge is 0.273 e. The molecule has 0 aromatic rings. The predicted molar refractivity (Wildman–Crippen MR) is 19.3 cm³/mol. The summed E-state index contributed by atoms with van der Waals surface area (Å²) in [6.45, 7) is 0. The van der Waals surface area contributed by atoms with Crippen LogP contribution in [0.5, 0.6) is 0 Å². The third-order valence-corrected chi connectivity index (χ3v) is 0.445. The summed E-state index contributed by atoms with van der Waals surface area (Å²) in [6.07, 6.45) is 0. The van der Waals surface area contributed by atoms with Crippen LogP contribution in [0.2, 0.25) is 0 Å². The second kappa shape index (κ2) is 2.59. The van der Waals surface area contributed by atoms with Gasteiger partial charge in [-0.05, 0) is 0 Å². The van der Waals surface area contributed by atoms with Gasteiger partial charge in [0.15, 0.2) is 0 Å². The number of nitrogens with two attached hydrogens (primary N) is 1. The molecule has 1 unspecified atom stereocenters. The summed E-state index contributed by atoms with van der Waals surface area (Å²) in [5.74, 6) is 4.24. The van der Waals surface area contributed by atoms with Crippen molar-refractivity contribution in [3.8, 4) is 0 Å². The van der Waals surface area contributed by atoms with E-state index in [0.717, 1.165) is 0 Å². The van der Waals surface area contributed by atoms with E-state index in [4.69, 9.17) is 0 Å². The van der Waals surface area contributed by atoms with Gasteiger partial charge in [0.05, 0.1) is 0 Å². The minimum Gasteiger partial charge on any atom is -0.210 e. The van der Waals surface area contributed by atoms with Crippen LogP contribution in [0.25, 0.3) is 0 Å². The summed E-state index contributed by atoms with van der Waals surface area (Å²) in [5.41, 5.74) is 0. The van der Waals surface area contributed by atoms with Crippen molar-refractivity contribution in [3.63, 3.8) is 0 Å². The van der Waals surface area contributed by atoms with Crippen LogP contribution in [0.1, 0.15) is 0 Å². The SMILES string of the molecule is NOS(=O)Cl. The van der Waals surface area contributed by atoms with E-state index in [-0.39, 0.29) is 0 Å². The summed E-state index contributed by atoms with van der Waals surface area (Å²) < 4.78 is 12.8. The van der Waals surface area contributed by atoms with Crippen LogP contribution in [0.15, 0.2) is 0 Å². The molecule has 0 aromatic carbocycles. The second-order valence-corrected chi connectivity index (χ2v) is 1.63. The van der Waals surface area contributed by atoms with Crippen LogP contribution in [-0.4, -0.2) is 4.21 Å². The molecule has 0 aliphatic rings. The molecule has 3 nitrogen and oxygen atoms in total. The summed E-state index contributed by atoms with van der Waals surface area (Å²) in [5, 5.41) is 0. The van der Waals surface area contributed by atoms with E-state index in [9.17, 15) is 4.21 Å². The van der Waals surface area contributed by atoms with Gasteiger partial charge >= 0.3 is 0 Å². The van der Waals surface area contributed by atoms with E-state index in [1.54, 1.807) is 0 Å². The topological polar surface area (TPSA) is 52.3 Å². The molecule has 0 aliphatic heterocycles. The van der Waals surface area contributed by atoms with Crippen molar-refractivity contribution >= 4 is 21.0 Å². The molecule has 0 aliphatic carbocycles. The molecule has 0 saturated heterocycles. The summed E-state index contributed by atoms with van der Waals surface area (Å²) in [6, 6.07) is 0. The fraction of sp³-hybridized carbons (Fsp3) is 0. The minimum atomic E-state index is -1.82. The molecule has 5 heavy (non-hydrogen) atoms. The fourth-order valence-corrected chi connectivity index (χ4v) is 0. The third-order valence-electron chi connectivity index (χ3n) is 0.0757. The van der Waals surface area contributed by atoms with Gasteiger partial charge in [0, 0.05) is 10.7 Å². The molecule has 0 heterocycles. The molecule has 32 valence electrons. The summed E-state index contributed by atoms with van der Waals surface area (Å²) in [4.78, 5) is 0. The van der Waals surface area contributed by atoms with Gasteiger partial charge in [0.1, 0.15) is 0 Å². The highest BCUT2D eigenvalue weighted by Crippen LogP contribution is 1.80. The molecule has 0 spiro atoms. The first kappa shape index (κ1) is 5.36. The van der Waals surface area contributed by atoms with Crippen molar-refractivity contribution in [1.29, 1.82) is 0 Å². The maximum Gasteiger partial charge on any atom is 0.273 e. The van der Waals surface area contributed by atoms with Gasteiger partial charge in [0.2, 0.25) is 0 Å².